The fourth-order valence-electron chi connectivity index (χ4n) is 3.59. The van der Waals surface area contributed by atoms with Gasteiger partial charge in [0.15, 0.2) is 0 Å². The number of hydrogen-bond acceptors (Lipinski definition) is 5. The molecule has 1 aliphatic rings. The Hall–Kier alpha value is -3.04. The molecular weight excluding hydrogens is 401 g/mol. The second-order valence-corrected chi connectivity index (χ2v) is 7.52. The summed E-state index contributed by atoms with van der Waals surface area (Å²) in [5.74, 6) is -0.629. The van der Waals surface area contributed by atoms with E-state index in [1.165, 1.54) is 24.3 Å². The van der Waals surface area contributed by atoms with Crippen LogP contribution in [-0.2, 0) is 16.2 Å². The van der Waals surface area contributed by atoms with Crippen molar-refractivity contribution in [3.8, 4) is 0 Å². The summed E-state index contributed by atoms with van der Waals surface area (Å²) in [5, 5.41) is 6.64. The summed E-state index contributed by atoms with van der Waals surface area (Å²) >= 11 is 0. The summed E-state index contributed by atoms with van der Waals surface area (Å²) in [6.07, 6.45) is 2.34. The molecule has 9 heteroatoms. The molecule has 0 bridgehead atoms. The highest BCUT2D eigenvalue weighted by Gasteiger charge is 2.30. The van der Waals surface area contributed by atoms with Crippen LogP contribution in [0.1, 0.15) is 31.5 Å². The van der Waals surface area contributed by atoms with Gasteiger partial charge in [0, 0.05) is 32.3 Å². The molecule has 8 nitrogen and oxygen atoms in total. The van der Waals surface area contributed by atoms with Gasteiger partial charge in [0.2, 0.25) is 5.91 Å². The maximum absolute atomic E-state index is 14.2. The number of pyridine rings is 1. The Bertz CT molecular complexity index is 922. The minimum Gasteiger partial charge on any atom is -0.306 e. The van der Waals surface area contributed by atoms with Crippen LogP contribution in [0.25, 0.3) is 0 Å². The number of nitrogens with zero attached hydrogens (tertiary/aromatic N) is 3. The van der Waals surface area contributed by atoms with E-state index in [2.05, 4.69) is 20.5 Å². The van der Waals surface area contributed by atoms with E-state index in [-0.39, 0.29) is 17.6 Å². The second kappa shape index (κ2) is 10.3. The zero-order valence-electron chi connectivity index (χ0n) is 18.0. The molecule has 0 radical (unpaired) electrons. The van der Waals surface area contributed by atoms with Gasteiger partial charge in [-0.25, -0.2) is 14.2 Å². The molecule has 0 unspecified atom stereocenters. The van der Waals surface area contributed by atoms with Gasteiger partial charge in [-0.1, -0.05) is 6.07 Å². The van der Waals surface area contributed by atoms with E-state index < -0.39 is 11.8 Å². The van der Waals surface area contributed by atoms with Crippen LogP contribution in [0.5, 0.6) is 0 Å². The highest BCUT2D eigenvalue weighted by Crippen LogP contribution is 2.22. The molecule has 1 aliphatic heterocycles. The highest BCUT2D eigenvalue weighted by molar-refractivity contribution is 5.99. The number of carbonyl (C=O) groups excluding carboxylic acids is 2. The van der Waals surface area contributed by atoms with Crippen LogP contribution >= 0.6 is 0 Å². The normalized spacial score (nSPS) is 16.2. The van der Waals surface area contributed by atoms with Crippen LogP contribution in [0.3, 0.4) is 0 Å². The first kappa shape index (κ1) is 22.6. The first-order valence-electron chi connectivity index (χ1n) is 10.3. The number of aryl methyl sites for hydroxylation is 1. The number of urea groups is 1. The lowest BCUT2D eigenvalue weighted by Gasteiger charge is -2.26. The lowest BCUT2D eigenvalue weighted by molar-refractivity contribution is -0.194. The van der Waals surface area contributed by atoms with Gasteiger partial charge >= 0.3 is 6.03 Å². The van der Waals surface area contributed by atoms with Crippen molar-refractivity contribution in [2.45, 2.75) is 39.8 Å². The molecule has 2 heterocycles. The monoisotopic (exact) mass is 429 g/mol. The minimum atomic E-state index is -0.545. The highest BCUT2D eigenvalue weighted by atomic mass is 19.1. The number of aromatic nitrogens is 1. The van der Waals surface area contributed by atoms with Gasteiger partial charge in [-0.05, 0) is 50.1 Å². The van der Waals surface area contributed by atoms with Crippen molar-refractivity contribution in [1.82, 2.24) is 14.9 Å². The molecule has 0 spiro atoms. The van der Waals surface area contributed by atoms with Crippen molar-refractivity contribution in [2.24, 2.45) is 0 Å². The zero-order chi connectivity index (χ0) is 22.4. The predicted molar refractivity (Wildman–Crippen MR) is 116 cm³/mol. The number of benzene rings is 1. The summed E-state index contributed by atoms with van der Waals surface area (Å²) in [7, 11) is 0. The molecule has 2 N–H and O–H groups in total. The minimum absolute atomic E-state index is 0.00982. The Morgan fingerprint density at radius 2 is 2.10 bits per heavy atom. The molecule has 3 rings (SSSR count). The Morgan fingerprint density at radius 3 is 2.77 bits per heavy atom. The van der Waals surface area contributed by atoms with Crippen LogP contribution in [0.4, 0.5) is 20.6 Å². The lowest BCUT2D eigenvalue weighted by atomic mass is 10.2. The van der Waals surface area contributed by atoms with Gasteiger partial charge in [0.25, 0.3) is 0 Å². The zero-order valence-corrected chi connectivity index (χ0v) is 18.0. The average Bonchev–Trinajstić information content (AvgIpc) is 3.18. The number of carbonyl (C=O) groups is 2. The van der Waals surface area contributed by atoms with Crippen LogP contribution in [0.2, 0.25) is 0 Å². The van der Waals surface area contributed by atoms with Gasteiger partial charge in [0.05, 0.1) is 30.2 Å². The third-order valence-corrected chi connectivity index (χ3v) is 5.01. The molecule has 0 aliphatic carbocycles. The SMILES string of the molecule is CCON(C(C)=O)[C@@H]1CCN(Cc2ccc(F)c(NC(=O)Nc3ccc(C)nc3)c2)C1. The van der Waals surface area contributed by atoms with Crippen molar-refractivity contribution in [2.75, 3.05) is 30.3 Å². The smallest absolute Gasteiger partial charge is 0.306 e. The molecule has 1 atom stereocenters. The Labute approximate surface area is 181 Å². The van der Waals surface area contributed by atoms with E-state index >= 15 is 0 Å². The number of hydrogen-bond donors (Lipinski definition) is 2. The molecule has 0 saturated carbocycles. The Balaban J connectivity index is 1.60. The third-order valence-electron chi connectivity index (χ3n) is 5.01. The van der Waals surface area contributed by atoms with Crippen LogP contribution in [0, 0.1) is 12.7 Å². The number of likely N-dealkylation sites (tertiary alicyclic amines) is 1. The number of amides is 3. The maximum Gasteiger partial charge on any atom is 0.323 e. The van der Waals surface area contributed by atoms with Crippen LogP contribution in [0.15, 0.2) is 36.5 Å². The first-order chi connectivity index (χ1) is 14.9. The third kappa shape index (κ3) is 6.22. The summed E-state index contributed by atoms with van der Waals surface area (Å²) in [5.41, 5.74) is 2.32. The first-order valence-corrected chi connectivity index (χ1v) is 10.3. The van der Waals surface area contributed by atoms with Crippen LogP contribution < -0.4 is 10.6 Å². The molecule has 3 amide bonds. The van der Waals surface area contributed by atoms with E-state index in [4.69, 9.17) is 4.84 Å². The molecule has 2 aromatic rings. The number of nitrogens with one attached hydrogen (secondary N) is 2. The standard InChI is InChI=1S/C22H28FN5O3/c1-4-31-28(16(3)29)19-9-10-27(14-19)13-17-6-8-20(23)21(11-17)26-22(30)25-18-7-5-15(2)24-12-18/h5-8,11-12,19H,4,9-10,13-14H2,1-3H3,(H2,25,26,30)/t19-/m1/s1. The summed E-state index contributed by atoms with van der Waals surface area (Å²) in [6.45, 7) is 7.66. The van der Waals surface area contributed by atoms with Crippen molar-refractivity contribution < 1.29 is 18.8 Å². The summed E-state index contributed by atoms with van der Waals surface area (Å²) < 4.78 is 14.2. The van der Waals surface area contributed by atoms with Crippen LogP contribution in [-0.4, -0.2) is 52.6 Å². The molecule has 1 aromatic carbocycles. The molecular formula is C22H28FN5O3. The van der Waals surface area contributed by atoms with Gasteiger partial charge in [-0.3, -0.25) is 19.5 Å². The molecule has 31 heavy (non-hydrogen) atoms. The number of hydroxylamine groups is 2. The number of anilines is 2. The van der Waals surface area contributed by atoms with Gasteiger partial charge in [-0.15, -0.1) is 0 Å². The van der Waals surface area contributed by atoms with Gasteiger partial charge in [0.1, 0.15) is 5.82 Å². The number of rotatable bonds is 7. The van der Waals surface area contributed by atoms with Crippen molar-refractivity contribution in [3.05, 3.63) is 53.6 Å². The number of halogens is 1. The van der Waals surface area contributed by atoms with Gasteiger partial charge in [-0.2, -0.15) is 0 Å². The van der Waals surface area contributed by atoms with Crippen molar-refractivity contribution >= 4 is 23.3 Å². The summed E-state index contributed by atoms with van der Waals surface area (Å²) in [6, 6.07) is 7.61. The molecule has 1 aromatic heterocycles. The maximum atomic E-state index is 14.2. The molecule has 1 saturated heterocycles. The molecule has 1 fully saturated rings. The topological polar surface area (TPSA) is 86.8 Å². The van der Waals surface area contributed by atoms with E-state index in [9.17, 15) is 14.0 Å². The predicted octanol–water partition coefficient (Wildman–Crippen LogP) is 3.55. The summed E-state index contributed by atoms with van der Waals surface area (Å²) in [4.78, 5) is 35.8. The van der Waals surface area contributed by atoms with Crippen molar-refractivity contribution in [1.29, 1.82) is 0 Å². The van der Waals surface area contributed by atoms with E-state index in [1.54, 1.807) is 24.3 Å². The molecule has 166 valence electrons. The van der Waals surface area contributed by atoms with Crippen molar-refractivity contribution in [3.63, 3.8) is 0 Å². The Kier molecular flexibility index (Phi) is 7.54. The Morgan fingerprint density at radius 1 is 1.29 bits per heavy atom. The fraction of sp³-hybridized carbons (Fsp3) is 0.409. The average molecular weight is 429 g/mol. The van der Waals surface area contributed by atoms with E-state index in [0.29, 0.717) is 25.4 Å². The quantitative estimate of drug-likeness (QED) is 0.658. The lowest BCUT2D eigenvalue weighted by Crippen LogP contribution is -2.40. The second-order valence-electron chi connectivity index (χ2n) is 7.52. The van der Waals surface area contributed by atoms with E-state index in [0.717, 1.165) is 24.2 Å². The fourth-order valence-corrected chi connectivity index (χ4v) is 3.59. The van der Waals surface area contributed by atoms with Gasteiger partial charge < -0.3 is 10.6 Å². The largest absolute Gasteiger partial charge is 0.323 e. The van der Waals surface area contributed by atoms with E-state index in [1.807, 2.05) is 13.8 Å².